The number of hydrogen-bond donors (Lipinski definition) is 0. The molecular formula is C12H22N2O2. The Labute approximate surface area is 97.6 Å². The van der Waals surface area contributed by atoms with Crippen molar-refractivity contribution < 1.29 is 9.59 Å². The van der Waals surface area contributed by atoms with Crippen molar-refractivity contribution in [2.75, 3.05) is 19.6 Å². The SMILES string of the molecule is CC(=O)N(CC(=O)N1CCCCC1)C(C)C. The van der Waals surface area contributed by atoms with Crippen molar-refractivity contribution in [2.24, 2.45) is 0 Å². The van der Waals surface area contributed by atoms with Gasteiger partial charge in [-0.15, -0.1) is 0 Å². The van der Waals surface area contributed by atoms with E-state index in [1.54, 1.807) is 4.90 Å². The number of carbonyl (C=O) groups is 2. The summed E-state index contributed by atoms with van der Waals surface area (Å²) >= 11 is 0. The second-order valence-corrected chi connectivity index (χ2v) is 4.68. The van der Waals surface area contributed by atoms with Crippen LogP contribution in [0.1, 0.15) is 40.0 Å². The van der Waals surface area contributed by atoms with E-state index in [1.165, 1.54) is 13.3 Å². The molecule has 1 rings (SSSR count). The summed E-state index contributed by atoms with van der Waals surface area (Å²) in [5.41, 5.74) is 0. The van der Waals surface area contributed by atoms with Crippen molar-refractivity contribution in [3.05, 3.63) is 0 Å². The molecule has 0 aliphatic carbocycles. The van der Waals surface area contributed by atoms with Crippen LogP contribution in [0.25, 0.3) is 0 Å². The summed E-state index contributed by atoms with van der Waals surface area (Å²) in [5, 5.41) is 0. The molecule has 0 atom stereocenters. The van der Waals surface area contributed by atoms with Gasteiger partial charge in [0.2, 0.25) is 11.8 Å². The van der Waals surface area contributed by atoms with Crippen LogP contribution < -0.4 is 0 Å². The summed E-state index contributed by atoms with van der Waals surface area (Å²) in [6.07, 6.45) is 3.39. The lowest BCUT2D eigenvalue weighted by atomic mass is 10.1. The summed E-state index contributed by atoms with van der Waals surface area (Å²) in [5.74, 6) is 0.0592. The number of rotatable bonds is 3. The van der Waals surface area contributed by atoms with Crippen molar-refractivity contribution >= 4 is 11.8 Å². The zero-order valence-corrected chi connectivity index (χ0v) is 10.5. The van der Waals surface area contributed by atoms with Gasteiger partial charge in [0.05, 0.1) is 6.54 Å². The molecule has 0 saturated carbocycles. The molecule has 1 saturated heterocycles. The van der Waals surface area contributed by atoms with Crippen LogP contribution >= 0.6 is 0 Å². The third-order valence-corrected chi connectivity index (χ3v) is 3.04. The normalized spacial score (nSPS) is 16.4. The van der Waals surface area contributed by atoms with Gasteiger partial charge < -0.3 is 9.80 Å². The molecule has 0 aromatic rings. The molecule has 1 heterocycles. The highest BCUT2D eigenvalue weighted by Gasteiger charge is 2.21. The third kappa shape index (κ3) is 3.51. The standard InChI is InChI=1S/C12H22N2O2/c1-10(2)14(11(3)15)9-12(16)13-7-5-4-6-8-13/h10H,4-9H2,1-3H3. The Morgan fingerprint density at radius 2 is 1.75 bits per heavy atom. The van der Waals surface area contributed by atoms with Crippen LogP contribution in [0.2, 0.25) is 0 Å². The monoisotopic (exact) mass is 226 g/mol. The molecule has 0 radical (unpaired) electrons. The van der Waals surface area contributed by atoms with Gasteiger partial charge in [0.1, 0.15) is 0 Å². The smallest absolute Gasteiger partial charge is 0.242 e. The minimum atomic E-state index is -0.0274. The van der Waals surface area contributed by atoms with E-state index >= 15 is 0 Å². The molecule has 92 valence electrons. The van der Waals surface area contributed by atoms with Gasteiger partial charge >= 0.3 is 0 Å². The van der Waals surface area contributed by atoms with Gasteiger partial charge in [0.25, 0.3) is 0 Å². The van der Waals surface area contributed by atoms with Gasteiger partial charge in [-0.2, -0.15) is 0 Å². The summed E-state index contributed by atoms with van der Waals surface area (Å²) in [6, 6.07) is 0.0891. The molecule has 4 heteroatoms. The Balaban J connectivity index is 2.50. The van der Waals surface area contributed by atoms with E-state index in [0.29, 0.717) is 0 Å². The zero-order valence-electron chi connectivity index (χ0n) is 10.5. The lowest BCUT2D eigenvalue weighted by molar-refractivity contribution is -0.141. The molecule has 16 heavy (non-hydrogen) atoms. The molecule has 1 aliphatic rings. The third-order valence-electron chi connectivity index (χ3n) is 3.04. The minimum Gasteiger partial charge on any atom is -0.341 e. The molecule has 0 aromatic carbocycles. The average Bonchev–Trinajstić information content (AvgIpc) is 2.25. The van der Waals surface area contributed by atoms with Gasteiger partial charge in [-0.05, 0) is 33.1 Å². The quantitative estimate of drug-likeness (QED) is 0.727. The van der Waals surface area contributed by atoms with Crippen LogP contribution in [0.5, 0.6) is 0 Å². The topological polar surface area (TPSA) is 40.6 Å². The first kappa shape index (κ1) is 13.0. The number of amides is 2. The van der Waals surface area contributed by atoms with E-state index in [2.05, 4.69) is 0 Å². The summed E-state index contributed by atoms with van der Waals surface area (Å²) in [6.45, 7) is 7.32. The molecule has 0 aromatic heterocycles. The summed E-state index contributed by atoms with van der Waals surface area (Å²) in [7, 11) is 0. The minimum absolute atomic E-state index is 0.0274. The number of nitrogens with zero attached hydrogens (tertiary/aromatic N) is 2. The zero-order chi connectivity index (χ0) is 12.1. The van der Waals surface area contributed by atoms with Crippen molar-refractivity contribution in [1.82, 2.24) is 9.80 Å². The van der Waals surface area contributed by atoms with E-state index in [-0.39, 0.29) is 24.4 Å². The Morgan fingerprint density at radius 1 is 1.19 bits per heavy atom. The molecule has 4 nitrogen and oxygen atoms in total. The molecule has 1 aliphatic heterocycles. The molecule has 0 unspecified atom stereocenters. The van der Waals surface area contributed by atoms with Crippen molar-refractivity contribution in [3.8, 4) is 0 Å². The number of piperidine rings is 1. The molecule has 1 fully saturated rings. The highest BCUT2D eigenvalue weighted by molar-refractivity contribution is 5.84. The molecular weight excluding hydrogens is 204 g/mol. The van der Waals surface area contributed by atoms with E-state index < -0.39 is 0 Å². The molecule has 0 bridgehead atoms. The number of likely N-dealkylation sites (tertiary alicyclic amines) is 1. The van der Waals surface area contributed by atoms with Gasteiger partial charge in [0, 0.05) is 26.1 Å². The fourth-order valence-corrected chi connectivity index (χ4v) is 2.05. The lowest BCUT2D eigenvalue weighted by Gasteiger charge is -2.31. The van der Waals surface area contributed by atoms with Gasteiger partial charge in [-0.3, -0.25) is 9.59 Å². The Kier molecular flexibility index (Phi) is 4.77. The maximum atomic E-state index is 11.9. The maximum Gasteiger partial charge on any atom is 0.242 e. The first-order valence-electron chi connectivity index (χ1n) is 6.07. The van der Waals surface area contributed by atoms with E-state index in [1.807, 2.05) is 18.7 Å². The first-order chi connectivity index (χ1) is 7.52. The predicted molar refractivity (Wildman–Crippen MR) is 63.0 cm³/mol. The van der Waals surface area contributed by atoms with Crippen LogP contribution in [0.4, 0.5) is 0 Å². The fourth-order valence-electron chi connectivity index (χ4n) is 2.05. The fraction of sp³-hybridized carbons (Fsp3) is 0.833. The van der Waals surface area contributed by atoms with Crippen LogP contribution in [0.15, 0.2) is 0 Å². The maximum absolute atomic E-state index is 11.9. The van der Waals surface area contributed by atoms with E-state index in [9.17, 15) is 9.59 Å². The van der Waals surface area contributed by atoms with Crippen LogP contribution in [0.3, 0.4) is 0 Å². The van der Waals surface area contributed by atoms with Crippen molar-refractivity contribution in [1.29, 1.82) is 0 Å². The Morgan fingerprint density at radius 3 is 2.19 bits per heavy atom. The number of carbonyl (C=O) groups excluding carboxylic acids is 2. The highest BCUT2D eigenvalue weighted by Crippen LogP contribution is 2.10. The lowest BCUT2D eigenvalue weighted by Crippen LogP contribution is -2.46. The largest absolute Gasteiger partial charge is 0.341 e. The molecule has 2 amide bonds. The van der Waals surface area contributed by atoms with Crippen molar-refractivity contribution in [3.63, 3.8) is 0 Å². The van der Waals surface area contributed by atoms with Gasteiger partial charge in [0.15, 0.2) is 0 Å². The predicted octanol–water partition coefficient (Wildman–Crippen LogP) is 1.26. The van der Waals surface area contributed by atoms with Crippen LogP contribution in [-0.4, -0.2) is 47.3 Å². The highest BCUT2D eigenvalue weighted by atomic mass is 16.2. The van der Waals surface area contributed by atoms with E-state index in [0.717, 1.165) is 25.9 Å². The Bertz CT molecular complexity index is 258. The first-order valence-corrected chi connectivity index (χ1v) is 6.07. The van der Waals surface area contributed by atoms with Crippen LogP contribution in [-0.2, 0) is 9.59 Å². The van der Waals surface area contributed by atoms with Gasteiger partial charge in [-0.25, -0.2) is 0 Å². The van der Waals surface area contributed by atoms with E-state index in [4.69, 9.17) is 0 Å². The second-order valence-electron chi connectivity index (χ2n) is 4.68. The van der Waals surface area contributed by atoms with Crippen LogP contribution in [0, 0.1) is 0 Å². The average molecular weight is 226 g/mol. The number of hydrogen-bond acceptors (Lipinski definition) is 2. The summed E-state index contributed by atoms with van der Waals surface area (Å²) < 4.78 is 0. The Hall–Kier alpha value is -1.06. The van der Waals surface area contributed by atoms with Crippen molar-refractivity contribution in [2.45, 2.75) is 46.1 Å². The molecule has 0 N–H and O–H groups in total. The second kappa shape index (κ2) is 5.87. The summed E-state index contributed by atoms with van der Waals surface area (Å²) in [4.78, 5) is 26.8. The van der Waals surface area contributed by atoms with Gasteiger partial charge in [-0.1, -0.05) is 0 Å². The molecule has 0 spiro atoms.